The fourth-order valence-electron chi connectivity index (χ4n) is 4.14. The quantitative estimate of drug-likeness (QED) is 0.590. The third kappa shape index (κ3) is 4.06. The number of carbonyl (C=O) groups excluding carboxylic acids is 2. The number of benzene rings is 2. The molecule has 1 saturated carbocycles. The predicted molar refractivity (Wildman–Crippen MR) is 124 cm³/mol. The van der Waals surface area contributed by atoms with E-state index in [-0.39, 0.29) is 36.4 Å². The molecule has 2 heterocycles. The maximum atomic E-state index is 14.8. The van der Waals surface area contributed by atoms with E-state index in [1.807, 2.05) is 7.05 Å². The van der Waals surface area contributed by atoms with Crippen LogP contribution in [0, 0.1) is 11.7 Å². The minimum atomic E-state index is -0.527. The fourth-order valence-corrected chi connectivity index (χ4v) is 4.32. The van der Waals surface area contributed by atoms with Crippen molar-refractivity contribution in [3.05, 3.63) is 70.1 Å². The second-order valence-corrected chi connectivity index (χ2v) is 8.91. The number of halogens is 2. The van der Waals surface area contributed by atoms with E-state index in [4.69, 9.17) is 11.6 Å². The van der Waals surface area contributed by atoms with Gasteiger partial charge in [0, 0.05) is 41.2 Å². The number of amides is 2. The van der Waals surface area contributed by atoms with Gasteiger partial charge < -0.3 is 15.5 Å². The van der Waals surface area contributed by atoms with Gasteiger partial charge in [-0.2, -0.15) is 5.10 Å². The summed E-state index contributed by atoms with van der Waals surface area (Å²) >= 11 is 6.19. The molecular weight excluding hydrogens is 445 g/mol. The van der Waals surface area contributed by atoms with E-state index in [1.165, 1.54) is 6.07 Å². The van der Waals surface area contributed by atoms with Crippen LogP contribution in [0.25, 0.3) is 0 Å². The summed E-state index contributed by atoms with van der Waals surface area (Å²) in [6.45, 7) is 0.369. The molecule has 0 saturated heterocycles. The number of anilines is 3. The number of hydrogen-bond donors (Lipinski definition) is 2. The molecule has 2 N–H and O–H groups in total. The minimum Gasteiger partial charge on any atom is -0.352 e. The molecule has 1 aromatic heterocycles. The average molecular weight is 468 g/mol. The van der Waals surface area contributed by atoms with Gasteiger partial charge in [0.05, 0.1) is 24.1 Å². The van der Waals surface area contributed by atoms with Gasteiger partial charge in [-0.15, -0.1) is 0 Å². The lowest BCUT2D eigenvalue weighted by Gasteiger charge is -2.24. The van der Waals surface area contributed by atoms with Crippen molar-refractivity contribution >= 4 is 40.6 Å². The van der Waals surface area contributed by atoms with Crippen LogP contribution < -0.4 is 15.5 Å². The average Bonchev–Trinajstić information content (AvgIpc) is 3.00. The molecule has 0 spiro atoms. The summed E-state index contributed by atoms with van der Waals surface area (Å²) in [5, 5.41) is 10.9. The lowest BCUT2D eigenvalue weighted by Crippen LogP contribution is -2.34. The molecule has 2 aliphatic rings. The lowest BCUT2D eigenvalue weighted by atomic mass is 9.85. The van der Waals surface area contributed by atoms with Gasteiger partial charge in [-0.05, 0) is 43.2 Å². The molecule has 3 aromatic rings. The number of aromatic nitrogens is 2. The number of aryl methyl sites for hydroxylation is 1. The number of carbonyl (C=O) groups is 2. The van der Waals surface area contributed by atoms with Crippen molar-refractivity contribution in [2.75, 3.05) is 10.2 Å². The Morgan fingerprint density at radius 1 is 1.24 bits per heavy atom. The first-order valence-corrected chi connectivity index (χ1v) is 11.2. The standard InChI is InChI=1S/C24H23ClFN5O2/c1-30-22-17(12-28-30)13-31(21-8-7-18(25)10-20(21)29-22)24(33)15-5-6-16(19(26)9-15)11-27-23(32)14-3-2-4-14/h5-10,12,14,29H,2-4,11,13H2,1H3,(H,27,32). The largest absolute Gasteiger partial charge is 0.352 e. The second kappa shape index (κ2) is 8.51. The molecule has 0 radical (unpaired) electrons. The van der Waals surface area contributed by atoms with Gasteiger partial charge in [0.1, 0.15) is 11.6 Å². The zero-order chi connectivity index (χ0) is 23.1. The Balaban J connectivity index is 1.41. The maximum Gasteiger partial charge on any atom is 0.258 e. The molecule has 0 bridgehead atoms. The van der Waals surface area contributed by atoms with Crippen molar-refractivity contribution < 1.29 is 14.0 Å². The highest BCUT2D eigenvalue weighted by molar-refractivity contribution is 6.31. The first kappa shape index (κ1) is 21.5. The Morgan fingerprint density at radius 3 is 2.79 bits per heavy atom. The summed E-state index contributed by atoms with van der Waals surface area (Å²) in [6.07, 6.45) is 4.53. The van der Waals surface area contributed by atoms with Gasteiger partial charge in [0.15, 0.2) is 0 Å². The van der Waals surface area contributed by atoms with Crippen molar-refractivity contribution in [2.45, 2.75) is 32.4 Å². The Morgan fingerprint density at radius 2 is 2.06 bits per heavy atom. The fraction of sp³-hybridized carbons (Fsp3) is 0.292. The summed E-state index contributed by atoms with van der Waals surface area (Å²) in [7, 11) is 1.81. The number of fused-ring (bicyclic) bond motifs is 2. The van der Waals surface area contributed by atoms with Crippen LogP contribution in [0.1, 0.15) is 40.7 Å². The van der Waals surface area contributed by atoms with Crippen LogP contribution in [0.15, 0.2) is 42.6 Å². The SMILES string of the molecule is Cn1ncc2c1Nc1cc(Cl)ccc1N(C(=O)c1ccc(CNC(=O)C3CCC3)c(F)c1)C2. The van der Waals surface area contributed by atoms with E-state index in [1.54, 1.807) is 46.1 Å². The number of rotatable bonds is 4. The molecule has 5 rings (SSSR count). The van der Waals surface area contributed by atoms with Gasteiger partial charge in [0.2, 0.25) is 5.91 Å². The molecule has 9 heteroatoms. The Labute approximate surface area is 195 Å². The molecule has 1 aliphatic carbocycles. The van der Waals surface area contributed by atoms with Gasteiger partial charge in [-0.3, -0.25) is 14.3 Å². The first-order chi connectivity index (χ1) is 15.9. The smallest absolute Gasteiger partial charge is 0.258 e. The van der Waals surface area contributed by atoms with Crippen LogP contribution in [0.5, 0.6) is 0 Å². The number of nitrogens with one attached hydrogen (secondary N) is 2. The van der Waals surface area contributed by atoms with Crippen LogP contribution in [0.4, 0.5) is 21.6 Å². The lowest BCUT2D eigenvalue weighted by molar-refractivity contribution is -0.127. The van der Waals surface area contributed by atoms with Crippen LogP contribution in [-0.4, -0.2) is 21.6 Å². The second-order valence-electron chi connectivity index (χ2n) is 8.47. The normalized spacial score (nSPS) is 15.1. The maximum absolute atomic E-state index is 14.8. The predicted octanol–water partition coefficient (Wildman–Crippen LogP) is 4.53. The third-order valence-corrected chi connectivity index (χ3v) is 6.55. The number of hydrogen-bond acceptors (Lipinski definition) is 4. The van der Waals surface area contributed by atoms with Gasteiger partial charge >= 0.3 is 0 Å². The molecule has 7 nitrogen and oxygen atoms in total. The molecule has 0 atom stereocenters. The van der Waals surface area contributed by atoms with Crippen LogP contribution >= 0.6 is 11.6 Å². The highest BCUT2D eigenvalue weighted by Gasteiger charge is 2.28. The summed E-state index contributed by atoms with van der Waals surface area (Å²) in [5.74, 6) is -0.114. The van der Waals surface area contributed by atoms with Crippen molar-refractivity contribution in [3.8, 4) is 0 Å². The van der Waals surface area contributed by atoms with E-state index >= 15 is 0 Å². The van der Waals surface area contributed by atoms with Gasteiger partial charge in [0.25, 0.3) is 5.91 Å². The summed E-state index contributed by atoms with van der Waals surface area (Å²) < 4.78 is 16.5. The topological polar surface area (TPSA) is 79.3 Å². The first-order valence-electron chi connectivity index (χ1n) is 10.9. The van der Waals surface area contributed by atoms with Crippen LogP contribution in [0.2, 0.25) is 5.02 Å². The summed E-state index contributed by atoms with van der Waals surface area (Å²) in [5.41, 5.74) is 2.69. The molecule has 1 aliphatic heterocycles. The highest BCUT2D eigenvalue weighted by atomic mass is 35.5. The van der Waals surface area contributed by atoms with Crippen molar-refractivity contribution in [2.24, 2.45) is 13.0 Å². The van der Waals surface area contributed by atoms with E-state index in [2.05, 4.69) is 15.7 Å². The molecular formula is C24H23ClFN5O2. The van der Waals surface area contributed by atoms with Crippen molar-refractivity contribution in [1.29, 1.82) is 0 Å². The van der Waals surface area contributed by atoms with Gasteiger partial charge in [-0.25, -0.2) is 4.39 Å². The van der Waals surface area contributed by atoms with E-state index < -0.39 is 5.82 Å². The van der Waals surface area contributed by atoms with E-state index in [0.717, 1.165) is 30.6 Å². The van der Waals surface area contributed by atoms with E-state index in [0.29, 0.717) is 22.0 Å². The third-order valence-electron chi connectivity index (χ3n) is 6.32. The minimum absolute atomic E-state index is 0.0384. The van der Waals surface area contributed by atoms with Crippen molar-refractivity contribution in [3.63, 3.8) is 0 Å². The molecule has 0 unspecified atom stereocenters. The molecule has 2 amide bonds. The molecule has 2 aromatic carbocycles. The molecule has 1 fully saturated rings. The highest BCUT2D eigenvalue weighted by Crippen LogP contribution is 2.38. The zero-order valence-corrected chi connectivity index (χ0v) is 18.8. The van der Waals surface area contributed by atoms with Crippen LogP contribution in [0.3, 0.4) is 0 Å². The molecule has 33 heavy (non-hydrogen) atoms. The van der Waals surface area contributed by atoms with Crippen LogP contribution in [-0.2, 0) is 24.9 Å². The Bertz CT molecular complexity index is 1250. The van der Waals surface area contributed by atoms with Crippen molar-refractivity contribution in [1.82, 2.24) is 15.1 Å². The zero-order valence-electron chi connectivity index (χ0n) is 18.1. The Hall–Kier alpha value is -3.39. The monoisotopic (exact) mass is 467 g/mol. The van der Waals surface area contributed by atoms with Gasteiger partial charge in [-0.1, -0.05) is 24.1 Å². The Kier molecular flexibility index (Phi) is 5.54. The summed E-state index contributed by atoms with van der Waals surface area (Å²) in [4.78, 5) is 27.1. The summed E-state index contributed by atoms with van der Waals surface area (Å²) in [6, 6.07) is 9.60. The molecule has 170 valence electrons. The number of nitrogens with zero attached hydrogens (tertiary/aromatic N) is 3. The van der Waals surface area contributed by atoms with E-state index in [9.17, 15) is 14.0 Å².